The van der Waals surface area contributed by atoms with E-state index in [4.69, 9.17) is 5.11 Å². The van der Waals surface area contributed by atoms with Gasteiger partial charge in [0, 0.05) is 12.1 Å². The Hall–Kier alpha value is -3.98. The van der Waals surface area contributed by atoms with Crippen molar-refractivity contribution in [2.24, 2.45) is 5.92 Å². The molecule has 2 aliphatic rings. The van der Waals surface area contributed by atoms with Crippen LogP contribution in [0, 0.1) is 12.8 Å². The number of carbonyl (C=O) groups excluding carboxylic acids is 2. The Bertz CT molecular complexity index is 1560. The van der Waals surface area contributed by atoms with Crippen molar-refractivity contribution in [2.45, 2.75) is 62.8 Å². The van der Waals surface area contributed by atoms with Gasteiger partial charge in [0.25, 0.3) is 15.9 Å². The van der Waals surface area contributed by atoms with E-state index >= 15 is 0 Å². The number of rotatable bonds is 9. The summed E-state index contributed by atoms with van der Waals surface area (Å²) in [6, 6.07) is 19.0. The Morgan fingerprint density at radius 2 is 1.70 bits per heavy atom. The average molecular weight is 561 g/mol. The number of carboxylic acids is 1. The van der Waals surface area contributed by atoms with Gasteiger partial charge in [-0.05, 0) is 72.6 Å². The van der Waals surface area contributed by atoms with Crippen molar-refractivity contribution < 1.29 is 27.9 Å². The summed E-state index contributed by atoms with van der Waals surface area (Å²) >= 11 is 0. The lowest BCUT2D eigenvalue weighted by Crippen LogP contribution is -2.29. The van der Waals surface area contributed by atoms with Crippen molar-refractivity contribution in [3.05, 3.63) is 94.5 Å². The fraction of sp³-hybridized carbons (Fsp3) is 0.323. The number of aryl methyl sites for hydroxylation is 1. The highest BCUT2D eigenvalue weighted by molar-refractivity contribution is 7.90. The van der Waals surface area contributed by atoms with Gasteiger partial charge in [0.15, 0.2) is 0 Å². The van der Waals surface area contributed by atoms with Gasteiger partial charge in [0.05, 0.1) is 18.0 Å². The molecule has 2 amide bonds. The highest BCUT2D eigenvalue weighted by Gasteiger charge is 2.41. The molecule has 1 fully saturated rings. The zero-order valence-corrected chi connectivity index (χ0v) is 23.1. The van der Waals surface area contributed by atoms with Gasteiger partial charge >= 0.3 is 5.97 Å². The standard InChI is InChI=1S/C31H32N2O6S/c1-20-22(17-18-28(34)35)9-6-11-26(20)32-30(36)29(23-7-2-3-8-23)24-15-13-21(14-16-24)19-33-31(37)25-10-4-5-12-27(25)40(33,38)39/h4-6,9-16,23,29H,2-3,7-8,17-19H2,1H3,(H,32,36)(H,34,35). The summed E-state index contributed by atoms with van der Waals surface area (Å²) in [6.07, 6.45) is 4.41. The van der Waals surface area contributed by atoms with E-state index in [-0.39, 0.29) is 41.2 Å². The number of nitrogens with zero attached hydrogens (tertiary/aromatic N) is 1. The van der Waals surface area contributed by atoms with Crippen LogP contribution in [0.1, 0.15) is 70.6 Å². The third-order valence-corrected chi connectivity index (χ3v) is 9.83. The summed E-state index contributed by atoms with van der Waals surface area (Å²) < 4.78 is 26.8. The molecular formula is C31H32N2O6S. The number of amides is 2. The second-order valence-corrected chi connectivity index (χ2v) is 12.4. The normalized spacial score (nSPS) is 17.0. The molecule has 9 heteroatoms. The van der Waals surface area contributed by atoms with Gasteiger partial charge in [-0.2, -0.15) is 0 Å². The average Bonchev–Trinajstić information content (AvgIpc) is 3.52. The fourth-order valence-electron chi connectivity index (χ4n) is 5.85. The minimum atomic E-state index is -3.91. The van der Waals surface area contributed by atoms with E-state index in [1.807, 2.05) is 37.3 Å². The van der Waals surface area contributed by atoms with E-state index in [9.17, 15) is 22.8 Å². The van der Waals surface area contributed by atoms with Crippen molar-refractivity contribution in [1.29, 1.82) is 0 Å². The first kappa shape index (κ1) is 27.6. The maximum absolute atomic E-state index is 13.7. The number of aliphatic carboxylic acids is 1. The van der Waals surface area contributed by atoms with Crippen LogP contribution in [0.15, 0.2) is 71.6 Å². The smallest absolute Gasteiger partial charge is 0.303 e. The van der Waals surface area contributed by atoms with Gasteiger partial charge < -0.3 is 10.4 Å². The monoisotopic (exact) mass is 560 g/mol. The second kappa shape index (κ2) is 11.3. The quantitative estimate of drug-likeness (QED) is 0.368. The van der Waals surface area contributed by atoms with Crippen molar-refractivity contribution in [3.63, 3.8) is 0 Å². The Labute approximate surface area is 234 Å². The third-order valence-electron chi connectivity index (χ3n) is 8.04. The molecule has 0 aromatic heterocycles. The molecule has 1 heterocycles. The molecule has 40 heavy (non-hydrogen) atoms. The molecule has 1 aliphatic heterocycles. The summed E-state index contributed by atoms with van der Waals surface area (Å²) in [6.45, 7) is 1.80. The summed E-state index contributed by atoms with van der Waals surface area (Å²) in [7, 11) is -3.91. The van der Waals surface area contributed by atoms with Crippen molar-refractivity contribution in [3.8, 4) is 0 Å². The lowest BCUT2D eigenvalue weighted by atomic mass is 9.83. The minimum absolute atomic E-state index is 0.0195. The van der Waals surface area contributed by atoms with E-state index in [2.05, 4.69) is 5.32 Å². The lowest BCUT2D eigenvalue weighted by molar-refractivity contribution is -0.137. The molecule has 5 rings (SSSR count). The first-order chi connectivity index (χ1) is 19.2. The number of nitrogens with one attached hydrogen (secondary N) is 1. The largest absolute Gasteiger partial charge is 0.481 e. The third kappa shape index (κ3) is 5.38. The summed E-state index contributed by atoms with van der Waals surface area (Å²) in [4.78, 5) is 37.6. The molecule has 0 radical (unpaired) electrons. The van der Waals surface area contributed by atoms with Crippen LogP contribution in [0.25, 0.3) is 0 Å². The first-order valence-electron chi connectivity index (χ1n) is 13.5. The van der Waals surface area contributed by atoms with Crippen LogP contribution in [-0.2, 0) is 32.6 Å². The maximum atomic E-state index is 13.7. The van der Waals surface area contributed by atoms with Gasteiger partial charge in [-0.25, -0.2) is 12.7 Å². The van der Waals surface area contributed by atoms with Crippen LogP contribution in [-0.4, -0.2) is 35.6 Å². The molecule has 0 saturated heterocycles. The predicted octanol–water partition coefficient (Wildman–Crippen LogP) is 5.27. The number of benzene rings is 3. The van der Waals surface area contributed by atoms with Crippen LogP contribution in [0.2, 0.25) is 0 Å². The highest BCUT2D eigenvalue weighted by Crippen LogP contribution is 2.39. The van der Waals surface area contributed by atoms with Gasteiger partial charge in [0.2, 0.25) is 5.91 Å². The maximum Gasteiger partial charge on any atom is 0.303 e. The highest BCUT2D eigenvalue weighted by atomic mass is 32.2. The zero-order valence-electron chi connectivity index (χ0n) is 22.3. The number of fused-ring (bicyclic) bond motifs is 1. The van der Waals surface area contributed by atoms with Crippen LogP contribution in [0.5, 0.6) is 0 Å². The van der Waals surface area contributed by atoms with Crippen molar-refractivity contribution in [2.75, 3.05) is 5.32 Å². The topological polar surface area (TPSA) is 121 Å². The Morgan fingerprint density at radius 3 is 2.38 bits per heavy atom. The second-order valence-electron chi connectivity index (χ2n) is 10.5. The van der Waals surface area contributed by atoms with Gasteiger partial charge in [-0.15, -0.1) is 0 Å². The summed E-state index contributed by atoms with van der Waals surface area (Å²) in [5, 5.41) is 12.2. The van der Waals surface area contributed by atoms with Crippen molar-refractivity contribution >= 4 is 33.5 Å². The number of sulfonamides is 1. The van der Waals surface area contributed by atoms with Gasteiger partial charge in [-0.3, -0.25) is 14.4 Å². The molecule has 1 saturated carbocycles. The number of hydrogen-bond acceptors (Lipinski definition) is 5. The van der Waals surface area contributed by atoms with E-state index in [1.165, 1.54) is 12.1 Å². The van der Waals surface area contributed by atoms with E-state index in [1.54, 1.807) is 24.3 Å². The van der Waals surface area contributed by atoms with Crippen LogP contribution < -0.4 is 5.32 Å². The fourth-order valence-corrected chi connectivity index (χ4v) is 7.41. The van der Waals surface area contributed by atoms with Crippen LogP contribution in [0.3, 0.4) is 0 Å². The molecular weight excluding hydrogens is 528 g/mol. The van der Waals surface area contributed by atoms with Crippen molar-refractivity contribution in [1.82, 2.24) is 4.31 Å². The number of carboxylic acid groups (broad SMARTS) is 1. The minimum Gasteiger partial charge on any atom is -0.481 e. The van der Waals surface area contributed by atoms with Crippen LogP contribution >= 0.6 is 0 Å². The zero-order chi connectivity index (χ0) is 28.4. The molecule has 8 nitrogen and oxygen atoms in total. The molecule has 0 spiro atoms. The van der Waals surface area contributed by atoms with E-state index in [0.717, 1.165) is 46.7 Å². The number of anilines is 1. The summed E-state index contributed by atoms with van der Waals surface area (Å²) in [5.41, 5.74) is 4.09. The predicted molar refractivity (Wildman–Crippen MR) is 150 cm³/mol. The molecule has 1 atom stereocenters. The molecule has 0 bridgehead atoms. The molecule has 3 aromatic carbocycles. The lowest BCUT2D eigenvalue weighted by Gasteiger charge is -2.24. The van der Waals surface area contributed by atoms with Crippen LogP contribution in [0.4, 0.5) is 5.69 Å². The van der Waals surface area contributed by atoms with Gasteiger partial charge in [0.1, 0.15) is 4.90 Å². The Balaban J connectivity index is 1.36. The van der Waals surface area contributed by atoms with E-state index < -0.39 is 21.9 Å². The molecule has 2 N–H and O–H groups in total. The Morgan fingerprint density at radius 1 is 1.00 bits per heavy atom. The number of hydrogen-bond donors (Lipinski definition) is 2. The molecule has 3 aromatic rings. The number of carbonyl (C=O) groups is 3. The van der Waals surface area contributed by atoms with E-state index in [0.29, 0.717) is 17.7 Å². The SMILES string of the molecule is Cc1c(CCC(=O)O)cccc1NC(=O)C(c1ccc(CN2C(=O)c3ccccc3S2(=O)=O)cc1)C1CCCC1. The first-order valence-corrected chi connectivity index (χ1v) is 15.0. The molecule has 1 aliphatic carbocycles. The summed E-state index contributed by atoms with van der Waals surface area (Å²) in [5.74, 6) is -1.74. The van der Waals surface area contributed by atoms with Gasteiger partial charge in [-0.1, -0.05) is 61.4 Å². The molecule has 208 valence electrons. The molecule has 1 unspecified atom stereocenters. The Kier molecular flexibility index (Phi) is 7.76.